The molecular formula is C22H26ClF2N5O2. The third-order valence-electron chi connectivity index (χ3n) is 5.74. The van der Waals surface area contributed by atoms with Gasteiger partial charge in [-0.05, 0) is 55.6 Å². The van der Waals surface area contributed by atoms with Crippen LogP contribution in [-0.4, -0.2) is 42.3 Å². The van der Waals surface area contributed by atoms with E-state index < -0.39 is 23.6 Å². The van der Waals surface area contributed by atoms with Crippen molar-refractivity contribution < 1.29 is 18.4 Å². The Morgan fingerprint density at radius 2 is 1.75 bits per heavy atom. The number of amides is 1. The summed E-state index contributed by atoms with van der Waals surface area (Å²) in [6.45, 7) is 1.95. The van der Waals surface area contributed by atoms with Gasteiger partial charge in [0, 0.05) is 18.3 Å². The third kappa shape index (κ3) is 5.73. The maximum atomic E-state index is 13.4. The van der Waals surface area contributed by atoms with E-state index in [2.05, 4.69) is 10.2 Å². The molecule has 0 radical (unpaired) electrons. The Hall–Kier alpha value is -2.75. The minimum absolute atomic E-state index is 0.0146. The lowest BCUT2D eigenvalue weighted by molar-refractivity contribution is -0.120. The van der Waals surface area contributed by atoms with Crippen molar-refractivity contribution in [1.29, 1.82) is 0 Å². The second kappa shape index (κ2) is 10.2. The van der Waals surface area contributed by atoms with Gasteiger partial charge in [-0.1, -0.05) is 17.7 Å². The molecular weight excluding hydrogens is 440 g/mol. The first-order valence-corrected chi connectivity index (χ1v) is 10.6. The minimum atomic E-state index is -1.19. The molecule has 0 aliphatic carbocycles. The molecule has 1 heterocycles. The van der Waals surface area contributed by atoms with Crippen LogP contribution in [0.1, 0.15) is 28.8 Å². The summed E-state index contributed by atoms with van der Waals surface area (Å²) in [5.41, 5.74) is 18.7. The van der Waals surface area contributed by atoms with E-state index >= 15 is 0 Å². The molecule has 1 fully saturated rings. The number of ketones is 1. The average molecular weight is 466 g/mol. The molecule has 1 atom stereocenters. The Bertz CT molecular complexity index is 1010. The summed E-state index contributed by atoms with van der Waals surface area (Å²) in [6.07, 6.45) is 1.47. The quantitative estimate of drug-likeness (QED) is 0.465. The molecule has 1 amide bonds. The normalized spacial score (nSPS) is 16.0. The highest BCUT2D eigenvalue weighted by Crippen LogP contribution is 2.24. The van der Waals surface area contributed by atoms with Crippen LogP contribution in [0, 0.1) is 17.6 Å². The van der Waals surface area contributed by atoms with E-state index in [4.69, 9.17) is 28.8 Å². The molecule has 0 aromatic heterocycles. The average Bonchev–Trinajstić information content (AvgIpc) is 2.77. The fraction of sp³-hybridized carbons (Fsp3) is 0.364. The number of hydrogen-bond donors (Lipinski definition) is 4. The van der Waals surface area contributed by atoms with Crippen LogP contribution in [0.15, 0.2) is 30.3 Å². The number of anilines is 2. The van der Waals surface area contributed by atoms with Crippen molar-refractivity contribution >= 4 is 34.7 Å². The van der Waals surface area contributed by atoms with E-state index in [0.717, 1.165) is 44.1 Å². The molecule has 0 bridgehead atoms. The fourth-order valence-electron chi connectivity index (χ4n) is 3.82. The molecule has 32 heavy (non-hydrogen) atoms. The number of carbonyl (C=O) groups excluding carboxylic acids is 2. The standard InChI is InChI=1S/C22H26ClF2N5O2/c23-15-2-1-12(7-19(15)27)11-30-5-3-13(4-6-30)21(28)20(31)10-29-22(32)14-8-16(24)17(25)9-18(14)26/h1-2,7-9,13,21H,3-6,10-11,26-28H2,(H,29,32). The van der Waals surface area contributed by atoms with Crippen molar-refractivity contribution in [2.24, 2.45) is 11.7 Å². The highest BCUT2D eigenvalue weighted by molar-refractivity contribution is 6.33. The molecule has 1 saturated heterocycles. The van der Waals surface area contributed by atoms with Crippen LogP contribution >= 0.6 is 11.6 Å². The maximum Gasteiger partial charge on any atom is 0.253 e. The van der Waals surface area contributed by atoms with Crippen molar-refractivity contribution in [3.05, 3.63) is 58.1 Å². The minimum Gasteiger partial charge on any atom is -0.398 e. The van der Waals surface area contributed by atoms with Crippen molar-refractivity contribution in [1.82, 2.24) is 10.2 Å². The molecule has 10 heteroatoms. The number of piperidine rings is 1. The monoisotopic (exact) mass is 465 g/mol. The van der Waals surface area contributed by atoms with Gasteiger partial charge in [0.1, 0.15) is 0 Å². The number of hydrogen-bond acceptors (Lipinski definition) is 6. The van der Waals surface area contributed by atoms with Crippen molar-refractivity contribution in [2.45, 2.75) is 25.4 Å². The second-order valence-electron chi connectivity index (χ2n) is 8.00. The summed E-state index contributed by atoms with van der Waals surface area (Å²) in [4.78, 5) is 26.9. The van der Waals surface area contributed by atoms with Gasteiger partial charge in [0.2, 0.25) is 0 Å². The highest BCUT2D eigenvalue weighted by Gasteiger charge is 2.29. The first-order valence-electron chi connectivity index (χ1n) is 10.2. The third-order valence-corrected chi connectivity index (χ3v) is 6.08. The van der Waals surface area contributed by atoms with Gasteiger partial charge >= 0.3 is 0 Å². The van der Waals surface area contributed by atoms with Gasteiger partial charge in [0.25, 0.3) is 5.91 Å². The molecule has 2 aromatic rings. The predicted molar refractivity (Wildman–Crippen MR) is 120 cm³/mol. The van der Waals surface area contributed by atoms with Crippen LogP contribution in [0.3, 0.4) is 0 Å². The number of nitrogens with one attached hydrogen (secondary N) is 1. The van der Waals surface area contributed by atoms with Crippen LogP contribution in [-0.2, 0) is 11.3 Å². The lowest BCUT2D eigenvalue weighted by Crippen LogP contribution is -2.47. The number of halogens is 3. The van der Waals surface area contributed by atoms with E-state index in [1.165, 1.54) is 0 Å². The summed E-state index contributed by atoms with van der Waals surface area (Å²) in [6, 6.07) is 6.26. The second-order valence-corrected chi connectivity index (χ2v) is 8.40. The number of likely N-dealkylation sites (tertiary alicyclic amines) is 1. The summed E-state index contributed by atoms with van der Waals surface area (Å²) in [7, 11) is 0. The summed E-state index contributed by atoms with van der Waals surface area (Å²) < 4.78 is 26.5. The Kier molecular flexibility index (Phi) is 7.65. The number of rotatable bonds is 7. The van der Waals surface area contributed by atoms with Gasteiger partial charge in [-0.3, -0.25) is 14.5 Å². The maximum absolute atomic E-state index is 13.4. The van der Waals surface area contributed by atoms with E-state index in [9.17, 15) is 18.4 Å². The van der Waals surface area contributed by atoms with E-state index in [-0.39, 0.29) is 29.5 Å². The zero-order chi connectivity index (χ0) is 23.4. The number of nitrogen functional groups attached to an aromatic ring is 2. The van der Waals surface area contributed by atoms with Crippen LogP contribution in [0.4, 0.5) is 20.2 Å². The molecule has 1 aliphatic heterocycles. The zero-order valence-electron chi connectivity index (χ0n) is 17.4. The largest absolute Gasteiger partial charge is 0.398 e. The van der Waals surface area contributed by atoms with E-state index in [1.54, 1.807) is 6.07 Å². The smallest absolute Gasteiger partial charge is 0.253 e. The zero-order valence-corrected chi connectivity index (χ0v) is 18.2. The van der Waals surface area contributed by atoms with Gasteiger partial charge in [-0.25, -0.2) is 8.78 Å². The molecule has 2 aromatic carbocycles. The van der Waals surface area contributed by atoms with E-state index in [0.29, 0.717) is 16.8 Å². The van der Waals surface area contributed by atoms with Crippen molar-refractivity contribution in [2.75, 3.05) is 31.1 Å². The molecule has 7 nitrogen and oxygen atoms in total. The molecule has 1 unspecified atom stereocenters. The molecule has 0 saturated carbocycles. The molecule has 172 valence electrons. The van der Waals surface area contributed by atoms with Crippen LogP contribution in [0.2, 0.25) is 5.02 Å². The first-order chi connectivity index (χ1) is 15.2. The first kappa shape index (κ1) is 23.9. The van der Waals surface area contributed by atoms with Crippen molar-refractivity contribution in [3.63, 3.8) is 0 Å². The van der Waals surface area contributed by atoms with Gasteiger partial charge in [-0.2, -0.15) is 0 Å². The fourth-order valence-corrected chi connectivity index (χ4v) is 3.94. The predicted octanol–water partition coefficient (Wildman–Crippen LogP) is 2.32. The SMILES string of the molecule is Nc1cc(CN2CCC(C(N)C(=O)CNC(=O)c3cc(F)c(F)cc3N)CC2)ccc1Cl. The summed E-state index contributed by atoms with van der Waals surface area (Å²) in [5.74, 6) is -3.45. The van der Waals surface area contributed by atoms with Crippen molar-refractivity contribution in [3.8, 4) is 0 Å². The highest BCUT2D eigenvalue weighted by atomic mass is 35.5. The Morgan fingerprint density at radius 3 is 2.41 bits per heavy atom. The lowest BCUT2D eigenvalue weighted by atomic mass is 9.87. The molecule has 3 rings (SSSR count). The van der Waals surface area contributed by atoms with Crippen LogP contribution in [0.5, 0.6) is 0 Å². The van der Waals surface area contributed by atoms with Gasteiger partial charge < -0.3 is 22.5 Å². The van der Waals surface area contributed by atoms with Gasteiger partial charge in [0.05, 0.1) is 28.9 Å². The Labute approximate surface area is 189 Å². The topological polar surface area (TPSA) is 127 Å². The summed E-state index contributed by atoms with van der Waals surface area (Å²) in [5, 5.41) is 2.91. The molecule has 7 N–H and O–H groups in total. The van der Waals surface area contributed by atoms with Gasteiger partial charge in [0.15, 0.2) is 17.4 Å². The van der Waals surface area contributed by atoms with E-state index in [1.807, 2.05) is 12.1 Å². The Balaban J connectivity index is 1.47. The molecule has 0 spiro atoms. The summed E-state index contributed by atoms with van der Waals surface area (Å²) >= 11 is 5.96. The molecule has 1 aliphatic rings. The number of carbonyl (C=O) groups is 2. The van der Waals surface area contributed by atoms with Crippen LogP contribution in [0.25, 0.3) is 0 Å². The van der Waals surface area contributed by atoms with Gasteiger partial charge in [-0.15, -0.1) is 0 Å². The lowest BCUT2D eigenvalue weighted by Gasteiger charge is -2.34. The van der Waals surface area contributed by atoms with Crippen LogP contribution < -0.4 is 22.5 Å². The Morgan fingerprint density at radius 1 is 1.09 bits per heavy atom. The number of nitrogens with two attached hydrogens (primary N) is 3. The number of benzene rings is 2. The number of nitrogens with zero attached hydrogens (tertiary/aromatic N) is 1. The number of Topliss-reactive ketones (excluding diaryl/α,β-unsaturated/α-hetero) is 1.